The highest BCUT2D eigenvalue weighted by molar-refractivity contribution is 5.88. The van der Waals surface area contributed by atoms with E-state index in [-0.39, 0.29) is 0 Å². The zero-order valence-corrected chi connectivity index (χ0v) is 12.1. The fourth-order valence-electron chi connectivity index (χ4n) is 4.03. The second-order valence-electron chi connectivity index (χ2n) is 6.25. The van der Waals surface area contributed by atoms with Gasteiger partial charge in [-0.05, 0) is 62.3 Å². The molecule has 2 unspecified atom stereocenters. The first-order valence-electron chi connectivity index (χ1n) is 7.77. The van der Waals surface area contributed by atoms with Crippen molar-refractivity contribution in [2.24, 2.45) is 5.92 Å². The Morgan fingerprint density at radius 3 is 2.70 bits per heavy atom. The summed E-state index contributed by atoms with van der Waals surface area (Å²) < 4.78 is 0. The average molecular weight is 273 g/mol. The quantitative estimate of drug-likeness (QED) is 0.889. The molecule has 1 aliphatic carbocycles. The molecule has 2 atom stereocenters. The van der Waals surface area contributed by atoms with Crippen LogP contribution in [0.25, 0.3) is 0 Å². The molecule has 0 amide bonds. The highest BCUT2D eigenvalue weighted by atomic mass is 16.4. The zero-order valence-electron chi connectivity index (χ0n) is 12.1. The van der Waals surface area contributed by atoms with Crippen molar-refractivity contribution in [1.82, 2.24) is 0 Å². The molecule has 0 aromatic heterocycles. The van der Waals surface area contributed by atoms with Crippen LogP contribution in [0.2, 0.25) is 0 Å². The fraction of sp³-hybridized carbons (Fsp3) is 0.588. The molecule has 0 radical (unpaired) electrons. The molecule has 108 valence electrons. The molecule has 0 bridgehead atoms. The van der Waals surface area contributed by atoms with Crippen LogP contribution in [-0.2, 0) is 0 Å². The molecule has 2 fully saturated rings. The number of aryl methyl sites for hydroxylation is 1. The summed E-state index contributed by atoms with van der Waals surface area (Å²) in [5, 5.41) is 9.08. The Labute approximate surface area is 120 Å². The molecule has 1 saturated heterocycles. The van der Waals surface area contributed by atoms with Crippen molar-refractivity contribution in [2.75, 3.05) is 11.4 Å². The largest absolute Gasteiger partial charge is 0.478 e. The number of carboxylic acid groups (broad SMARTS) is 1. The number of hydrogen-bond donors (Lipinski definition) is 1. The van der Waals surface area contributed by atoms with Gasteiger partial charge in [-0.2, -0.15) is 0 Å². The monoisotopic (exact) mass is 273 g/mol. The Hall–Kier alpha value is -1.51. The highest BCUT2D eigenvalue weighted by Gasteiger charge is 2.33. The van der Waals surface area contributed by atoms with Gasteiger partial charge < -0.3 is 10.0 Å². The summed E-state index contributed by atoms with van der Waals surface area (Å²) in [5.41, 5.74) is 2.73. The van der Waals surface area contributed by atoms with Gasteiger partial charge >= 0.3 is 5.97 Å². The topological polar surface area (TPSA) is 40.5 Å². The summed E-state index contributed by atoms with van der Waals surface area (Å²) >= 11 is 0. The maximum absolute atomic E-state index is 11.1. The molecule has 1 saturated carbocycles. The molecular formula is C17H23NO2. The molecule has 1 aliphatic heterocycles. The van der Waals surface area contributed by atoms with Crippen LogP contribution in [0, 0.1) is 12.8 Å². The van der Waals surface area contributed by atoms with Crippen molar-refractivity contribution in [3.05, 3.63) is 29.3 Å². The number of carbonyl (C=O) groups is 1. The Balaban J connectivity index is 1.89. The molecule has 0 spiro atoms. The minimum atomic E-state index is -0.839. The van der Waals surface area contributed by atoms with Gasteiger partial charge in [0.25, 0.3) is 0 Å². The van der Waals surface area contributed by atoms with Crippen LogP contribution in [0.3, 0.4) is 0 Å². The van der Waals surface area contributed by atoms with E-state index in [1.807, 2.05) is 19.1 Å². The number of anilines is 1. The Bertz CT molecular complexity index is 510. The summed E-state index contributed by atoms with van der Waals surface area (Å²) in [6.45, 7) is 3.16. The van der Waals surface area contributed by atoms with E-state index < -0.39 is 5.97 Å². The summed E-state index contributed by atoms with van der Waals surface area (Å²) in [6, 6.07) is 6.24. The van der Waals surface area contributed by atoms with Crippen molar-refractivity contribution in [3.63, 3.8) is 0 Å². The van der Waals surface area contributed by atoms with Crippen molar-refractivity contribution < 1.29 is 9.90 Å². The van der Waals surface area contributed by atoms with Gasteiger partial charge in [0, 0.05) is 18.3 Å². The predicted molar refractivity (Wildman–Crippen MR) is 80.5 cm³/mol. The molecular weight excluding hydrogens is 250 g/mol. The van der Waals surface area contributed by atoms with E-state index in [4.69, 9.17) is 5.11 Å². The van der Waals surface area contributed by atoms with Gasteiger partial charge in [0.05, 0.1) is 5.56 Å². The number of benzene rings is 1. The van der Waals surface area contributed by atoms with Crippen molar-refractivity contribution in [3.8, 4) is 0 Å². The molecule has 1 heterocycles. The fourth-order valence-corrected chi connectivity index (χ4v) is 4.03. The summed E-state index contributed by atoms with van der Waals surface area (Å²) in [4.78, 5) is 13.6. The van der Waals surface area contributed by atoms with E-state index in [0.29, 0.717) is 11.6 Å². The van der Waals surface area contributed by atoms with E-state index in [2.05, 4.69) is 4.90 Å². The van der Waals surface area contributed by atoms with Crippen LogP contribution in [0.15, 0.2) is 18.2 Å². The van der Waals surface area contributed by atoms with Crippen LogP contribution in [0.1, 0.15) is 54.4 Å². The normalized spacial score (nSPS) is 26.1. The number of hydrogen-bond acceptors (Lipinski definition) is 2. The van der Waals surface area contributed by atoms with Gasteiger partial charge in [-0.1, -0.05) is 12.8 Å². The van der Waals surface area contributed by atoms with E-state index >= 15 is 0 Å². The van der Waals surface area contributed by atoms with Crippen LogP contribution >= 0.6 is 0 Å². The van der Waals surface area contributed by atoms with Gasteiger partial charge in [0.2, 0.25) is 0 Å². The maximum Gasteiger partial charge on any atom is 0.335 e. The third-order valence-corrected chi connectivity index (χ3v) is 5.00. The third-order valence-electron chi connectivity index (χ3n) is 5.00. The number of nitrogens with zero attached hydrogens (tertiary/aromatic N) is 1. The molecule has 1 aromatic rings. The van der Waals surface area contributed by atoms with Crippen LogP contribution < -0.4 is 4.90 Å². The molecule has 20 heavy (non-hydrogen) atoms. The van der Waals surface area contributed by atoms with Gasteiger partial charge in [0.1, 0.15) is 0 Å². The number of aromatic carboxylic acids is 1. The molecule has 1 aromatic carbocycles. The first-order chi connectivity index (χ1) is 9.66. The summed E-state index contributed by atoms with van der Waals surface area (Å²) in [7, 11) is 0. The SMILES string of the molecule is Cc1cc(C(=O)O)ccc1N1CCCC2CCCCC21. The minimum absolute atomic E-state index is 0.392. The molecule has 3 heteroatoms. The lowest BCUT2D eigenvalue weighted by Gasteiger charge is -2.46. The van der Waals surface area contributed by atoms with E-state index in [1.165, 1.54) is 44.2 Å². The molecule has 3 rings (SSSR count). The summed E-state index contributed by atoms with van der Waals surface area (Å²) in [6.07, 6.45) is 8.02. The van der Waals surface area contributed by atoms with Crippen LogP contribution in [0.5, 0.6) is 0 Å². The van der Waals surface area contributed by atoms with Gasteiger partial charge in [-0.3, -0.25) is 0 Å². The Kier molecular flexibility index (Phi) is 3.68. The molecule has 2 aliphatic rings. The minimum Gasteiger partial charge on any atom is -0.478 e. The number of rotatable bonds is 2. The average Bonchev–Trinajstić information content (AvgIpc) is 2.46. The van der Waals surface area contributed by atoms with Gasteiger partial charge in [0.15, 0.2) is 0 Å². The molecule has 1 N–H and O–H groups in total. The lowest BCUT2D eigenvalue weighted by Crippen LogP contribution is -2.47. The first-order valence-corrected chi connectivity index (χ1v) is 7.77. The van der Waals surface area contributed by atoms with Gasteiger partial charge in [-0.15, -0.1) is 0 Å². The van der Waals surface area contributed by atoms with Crippen LogP contribution in [-0.4, -0.2) is 23.7 Å². The van der Waals surface area contributed by atoms with Crippen LogP contribution in [0.4, 0.5) is 5.69 Å². The second-order valence-corrected chi connectivity index (χ2v) is 6.25. The standard InChI is InChI=1S/C17H23NO2/c1-12-11-14(17(19)20)8-9-15(12)18-10-4-6-13-5-2-3-7-16(13)18/h8-9,11,13,16H,2-7,10H2,1H3,(H,19,20). The molecule has 3 nitrogen and oxygen atoms in total. The number of piperidine rings is 1. The highest BCUT2D eigenvalue weighted by Crippen LogP contribution is 2.38. The first kappa shape index (κ1) is 13.5. The maximum atomic E-state index is 11.1. The number of fused-ring (bicyclic) bond motifs is 1. The Morgan fingerprint density at radius 1 is 1.20 bits per heavy atom. The zero-order chi connectivity index (χ0) is 14.1. The second kappa shape index (κ2) is 5.47. The van der Waals surface area contributed by atoms with E-state index in [9.17, 15) is 4.79 Å². The van der Waals surface area contributed by atoms with E-state index in [1.54, 1.807) is 6.07 Å². The van der Waals surface area contributed by atoms with Crippen molar-refractivity contribution in [2.45, 2.75) is 51.5 Å². The van der Waals surface area contributed by atoms with Gasteiger partial charge in [-0.25, -0.2) is 4.79 Å². The van der Waals surface area contributed by atoms with E-state index in [0.717, 1.165) is 18.0 Å². The third kappa shape index (κ3) is 2.41. The Morgan fingerprint density at radius 2 is 1.95 bits per heavy atom. The lowest BCUT2D eigenvalue weighted by atomic mass is 9.78. The summed E-state index contributed by atoms with van der Waals surface area (Å²) in [5.74, 6) is 0.00453. The predicted octanol–water partition coefficient (Wildman–Crippen LogP) is 3.85. The lowest BCUT2D eigenvalue weighted by molar-refractivity contribution is 0.0697. The smallest absolute Gasteiger partial charge is 0.335 e. The van der Waals surface area contributed by atoms with Crippen molar-refractivity contribution >= 4 is 11.7 Å². The van der Waals surface area contributed by atoms with Crippen molar-refractivity contribution in [1.29, 1.82) is 0 Å². The number of carboxylic acids is 1.